The van der Waals surface area contributed by atoms with Gasteiger partial charge in [0.15, 0.2) is 0 Å². The molecule has 2 unspecified atom stereocenters. The number of carboxylic acids is 1. The van der Waals surface area contributed by atoms with Crippen molar-refractivity contribution in [2.24, 2.45) is 17.8 Å². The summed E-state index contributed by atoms with van der Waals surface area (Å²) in [5.74, 6) is -0.298. The largest absolute Gasteiger partial charge is 0.481 e. The van der Waals surface area contributed by atoms with Crippen LogP contribution in [0.25, 0.3) is 0 Å². The molecule has 2 saturated carbocycles. The Morgan fingerprint density at radius 3 is 2.35 bits per heavy atom. The zero-order valence-corrected chi connectivity index (χ0v) is 12.3. The molecular weight excluding hydrogens is 254 g/mol. The summed E-state index contributed by atoms with van der Waals surface area (Å²) in [5, 5.41) is 12.1. The maximum atomic E-state index is 12.1. The molecule has 1 amide bonds. The zero-order chi connectivity index (χ0) is 14.4. The van der Waals surface area contributed by atoms with Gasteiger partial charge in [-0.3, -0.25) is 9.59 Å². The molecule has 2 rings (SSSR count). The number of carbonyl (C=O) groups excluding carboxylic acids is 1. The van der Waals surface area contributed by atoms with E-state index in [1.807, 2.05) is 0 Å². The molecule has 2 N–H and O–H groups in total. The third-order valence-corrected chi connectivity index (χ3v) is 4.97. The van der Waals surface area contributed by atoms with Crippen LogP contribution in [-0.2, 0) is 9.59 Å². The minimum Gasteiger partial charge on any atom is -0.481 e. The normalized spacial score (nSPS) is 28.0. The van der Waals surface area contributed by atoms with E-state index in [0.717, 1.165) is 38.1 Å². The molecule has 114 valence electrons. The van der Waals surface area contributed by atoms with Gasteiger partial charge >= 0.3 is 5.97 Å². The fourth-order valence-corrected chi connectivity index (χ4v) is 3.67. The first-order chi connectivity index (χ1) is 9.66. The van der Waals surface area contributed by atoms with E-state index < -0.39 is 5.97 Å². The Hall–Kier alpha value is -1.06. The summed E-state index contributed by atoms with van der Waals surface area (Å²) < 4.78 is 0. The highest BCUT2D eigenvalue weighted by Crippen LogP contribution is 2.29. The first-order valence-corrected chi connectivity index (χ1v) is 8.17. The zero-order valence-electron chi connectivity index (χ0n) is 12.3. The van der Waals surface area contributed by atoms with E-state index in [2.05, 4.69) is 5.32 Å². The highest BCUT2D eigenvalue weighted by molar-refractivity contribution is 5.80. The molecule has 0 aromatic carbocycles. The van der Waals surface area contributed by atoms with Gasteiger partial charge in [-0.25, -0.2) is 0 Å². The molecule has 0 aromatic rings. The van der Waals surface area contributed by atoms with Crippen molar-refractivity contribution >= 4 is 11.9 Å². The molecule has 0 aliphatic heterocycles. The molecule has 0 radical (unpaired) electrons. The lowest BCUT2D eigenvalue weighted by atomic mass is 9.81. The van der Waals surface area contributed by atoms with Gasteiger partial charge in [0.25, 0.3) is 0 Å². The van der Waals surface area contributed by atoms with Crippen molar-refractivity contribution in [1.82, 2.24) is 5.32 Å². The van der Waals surface area contributed by atoms with Gasteiger partial charge in [-0.2, -0.15) is 0 Å². The molecular formula is C16H27NO3. The molecule has 2 fully saturated rings. The summed E-state index contributed by atoms with van der Waals surface area (Å²) >= 11 is 0. The van der Waals surface area contributed by atoms with E-state index in [1.165, 1.54) is 32.1 Å². The third-order valence-electron chi connectivity index (χ3n) is 4.97. The van der Waals surface area contributed by atoms with E-state index >= 15 is 0 Å². The summed E-state index contributed by atoms with van der Waals surface area (Å²) in [7, 11) is 0. The highest BCUT2D eigenvalue weighted by atomic mass is 16.4. The highest BCUT2D eigenvalue weighted by Gasteiger charge is 2.30. The van der Waals surface area contributed by atoms with Crippen molar-refractivity contribution in [3.8, 4) is 0 Å². The lowest BCUT2D eigenvalue weighted by Gasteiger charge is -2.26. The molecule has 4 heteroatoms. The van der Waals surface area contributed by atoms with Crippen molar-refractivity contribution in [2.45, 2.75) is 64.2 Å². The van der Waals surface area contributed by atoms with E-state index in [-0.39, 0.29) is 17.7 Å². The number of hydrogen-bond acceptors (Lipinski definition) is 2. The van der Waals surface area contributed by atoms with E-state index in [9.17, 15) is 9.59 Å². The number of carbonyl (C=O) groups is 2. The molecule has 0 saturated heterocycles. The summed E-state index contributed by atoms with van der Waals surface area (Å²) in [6.45, 7) is 0.762. The Kier molecular flexibility index (Phi) is 5.86. The first kappa shape index (κ1) is 15.3. The van der Waals surface area contributed by atoms with Crippen LogP contribution in [0.1, 0.15) is 64.2 Å². The smallest absolute Gasteiger partial charge is 0.306 e. The Morgan fingerprint density at radius 2 is 1.65 bits per heavy atom. The van der Waals surface area contributed by atoms with Gasteiger partial charge in [-0.05, 0) is 31.6 Å². The van der Waals surface area contributed by atoms with Crippen molar-refractivity contribution in [1.29, 1.82) is 0 Å². The van der Waals surface area contributed by atoms with Crippen LogP contribution in [0.3, 0.4) is 0 Å². The number of hydrogen-bond donors (Lipinski definition) is 2. The van der Waals surface area contributed by atoms with Gasteiger partial charge in [0.05, 0.1) is 5.92 Å². The van der Waals surface area contributed by atoms with Crippen LogP contribution in [0.2, 0.25) is 0 Å². The number of rotatable bonds is 5. The molecule has 2 aliphatic carbocycles. The Bertz CT molecular complexity index is 337. The molecule has 0 aromatic heterocycles. The Balaban J connectivity index is 1.67. The van der Waals surface area contributed by atoms with Crippen LogP contribution in [0.15, 0.2) is 0 Å². The number of nitrogens with one attached hydrogen (secondary N) is 1. The van der Waals surface area contributed by atoms with Crippen molar-refractivity contribution in [3.05, 3.63) is 0 Å². The van der Waals surface area contributed by atoms with Crippen molar-refractivity contribution in [3.63, 3.8) is 0 Å². The van der Waals surface area contributed by atoms with E-state index in [4.69, 9.17) is 5.11 Å². The third kappa shape index (κ3) is 4.50. The Morgan fingerprint density at radius 1 is 0.950 bits per heavy atom. The average molecular weight is 281 g/mol. The number of carboxylic acid groups (broad SMARTS) is 1. The van der Waals surface area contributed by atoms with Crippen LogP contribution in [-0.4, -0.2) is 23.5 Å². The van der Waals surface area contributed by atoms with Crippen LogP contribution in [0.5, 0.6) is 0 Å². The predicted molar refractivity (Wildman–Crippen MR) is 77.3 cm³/mol. The van der Waals surface area contributed by atoms with E-state index in [0.29, 0.717) is 6.42 Å². The molecule has 4 nitrogen and oxygen atoms in total. The van der Waals surface area contributed by atoms with Crippen molar-refractivity contribution in [2.75, 3.05) is 6.54 Å². The maximum Gasteiger partial charge on any atom is 0.306 e. The fourth-order valence-electron chi connectivity index (χ4n) is 3.67. The van der Waals surface area contributed by atoms with Crippen molar-refractivity contribution < 1.29 is 14.7 Å². The maximum absolute atomic E-state index is 12.1. The van der Waals surface area contributed by atoms with Crippen LogP contribution < -0.4 is 5.32 Å². The standard InChI is InChI=1S/C16H27NO3/c18-15(13-7-4-8-14(11-13)16(19)20)17-10-9-12-5-2-1-3-6-12/h12-14H,1-11H2,(H,17,18)(H,19,20). The SMILES string of the molecule is O=C(O)C1CCCC(C(=O)NCCC2CCCCC2)C1. The second-order valence-electron chi connectivity index (χ2n) is 6.48. The summed E-state index contributed by atoms with van der Waals surface area (Å²) in [4.78, 5) is 23.1. The lowest BCUT2D eigenvalue weighted by molar-refractivity contribution is -0.144. The van der Waals surface area contributed by atoms with Gasteiger partial charge in [-0.15, -0.1) is 0 Å². The predicted octanol–water partition coefficient (Wildman–Crippen LogP) is 2.96. The summed E-state index contributed by atoms with van der Waals surface area (Å²) in [6, 6.07) is 0. The first-order valence-electron chi connectivity index (χ1n) is 8.17. The van der Waals surface area contributed by atoms with E-state index in [1.54, 1.807) is 0 Å². The molecule has 0 heterocycles. The minimum atomic E-state index is -0.746. The van der Waals surface area contributed by atoms with Gasteiger partial charge in [0, 0.05) is 12.5 Å². The number of aliphatic carboxylic acids is 1. The monoisotopic (exact) mass is 281 g/mol. The summed E-state index contributed by atoms with van der Waals surface area (Å²) in [5.41, 5.74) is 0. The molecule has 2 aliphatic rings. The van der Waals surface area contributed by atoms with Gasteiger partial charge in [0.2, 0.25) is 5.91 Å². The molecule has 0 bridgehead atoms. The van der Waals surface area contributed by atoms with Crippen LogP contribution in [0.4, 0.5) is 0 Å². The Labute approximate surface area is 121 Å². The van der Waals surface area contributed by atoms with Gasteiger partial charge < -0.3 is 10.4 Å². The molecule has 20 heavy (non-hydrogen) atoms. The van der Waals surface area contributed by atoms with Crippen LogP contribution in [0, 0.1) is 17.8 Å². The topological polar surface area (TPSA) is 66.4 Å². The van der Waals surface area contributed by atoms with Gasteiger partial charge in [0.1, 0.15) is 0 Å². The number of amides is 1. The van der Waals surface area contributed by atoms with Crippen LogP contribution >= 0.6 is 0 Å². The lowest BCUT2D eigenvalue weighted by Crippen LogP contribution is -2.36. The molecule has 0 spiro atoms. The van der Waals surface area contributed by atoms with Gasteiger partial charge in [-0.1, -0.05) is 38.5 Å². The minimum absolute atomic E-state index is 0.0757. The quantitative estimate of drug-likeness (QED) is 0.814. The second kappa shape index (κ2) is 7.65. The molecule has 2 atom stereocenters. The second-order valence-corrected chi connectivity index (χ2v) is 6.48. The average Bonchev–Trinajstić information content (AvgIpc) is 2.48. The summed E-state index contributed by atoms with van der Waals surface area (Å²) in [6.07, 6.45) is 10.7. The fraction of sp³-hybridized carbons (Fsp3) is 0.875.